The highest BCUT2D eigenvalue weighted by atomic mass is 16.5. The zero-order valence-corrected chi connectivity index (χ0v) is 14.0. The van der Waals surface area contributed by atoms with Gasteiger partial charge in [0.05, 0.1) is 12.7 Å². The van der Waals surface area contributed by atoms with E-state index >= 15 is 0 Å². The van der Waals surface area contributed by atoms with E-state index < -0.39 is 0 Å². The Morgan fingerprint density at radius 1 is 1.26 bits per heavy atom. The fourth-order valence-corrected chi connectivity index (χ4v) is 2.63. The highest BCUT2D eigenvalue weighted by molar-refractivity contribution is 5.13. The van der Waals surface area contributed by atoms with E-state index in [1.165, 1.54) is 5.57 Å². The van der Waals surface area contributed by atoms with Crippen LogP contribution in [0.3, 0.4) is 0 Å². The van der Waals surface area contributed by atoms with Crippen molar-refractivity contribution in [3.05, 3.63) is 12.2 Å². The number of likely N-dealkylation sites (tertiary alicyclic amines) is 1. The van der Waals surface area contributed by atoms with Crippen LogP contribution >= 0.6 is 0 Å². The maximum absolute atomic E-state index is 6.13. The van der Waals surface area contributed by atoms with Gasteiger partial charge >= 0.3 is 0 Å². The number of rotatable bonds is 5. The Morgan fingerprint density at radius 2 is 1.84 bits per heavy atom. The third-order valence-corrected chi connectivity index (χ3v) is 3.89. The van der Waals surface area contributed by atoms with Crippen molar-refractivity contribution >= 4 is 0 Å². The molecule has 0 radical (unpaired) electrons. The second-order valence-corrected chi connectivity index (χ2v) is 7.77. The molecule has 0 spiro atoms. The van der Waals surface area contributed by atoms with Crippen molar-refractivity contribution in [3.8, 4) is 0 Å². The van der Waals surface area contributed by atoms with Crippen LogP contribution in [0, 0.1) is 11.3 Å². The van der Waals surface area contributed by atoms with Crippen LogP contribution in [0.5, 0.6) is 0 Å². The fourth-order valence-electron chi connectivity index (χ4n) is 2.63. The summed E-state index contributed by atoms with van der Waals surface area (Å²) in [6.07, 6.45) is 1.47. The maximum atomic E-state index is 6.13. The van der Waals surface area contributed by atoms with Crippen molar-refractivity contribution in [2.24, 2.45) is 11.3 Å². The van der Waals surface area contributed by atoms with E-state index in [4.69, 9.17) is 4.74 Å². The van der Waals surface area contributed by atoms with Crippen LogP contribution in [0.2, 0.25) is 0 Å². The third-order valence-electron chi connectivity index (χ3n) is 3.89. The summed E-state index contributed by atoms with van der Waals surface area (Å²) in [6, 6.07) is 1.05. The Hall–Kier alpha value is -0.340. The topological polar surface area (TPSA) is 12.5 Å². The van der Waals surface area contributed by atoms with Crippen LogP contribution in [0.15, 0.2) is 12.2 Å². The standard InChI is InChI=1S/C17H33NO/c1-12(2)14(5)16-9-15(10-18(16)13(3)4)19-11-17(6,7)8/h12-13,15-16H,5,9-11H2,1-4,6-8H3/t15-,16+/m1/s1. The first-order chi connectivity index (χ1) is 8.61. The van der Waals surface area contributed by atoms with E-state index in [1.54, 1.807) is 0 Å². The first-order valence-electron chi connectivity index (χ1n) is 7.68. The molecule has 0 unspecified atom stereocenters. The lowest BCUT2D eigenvalue weighted by Gasteiger charge is -2.30. The van der Waals surface area contributed by atoms with Gasteiger partial charge in [0.1, 0.15) is 0 Å². The molecule has 0 aromatic carbocycles. The van der Waals surface area contributed by atoms with Crippen LogP contribution in [-0.2, 0) is 4.74 Å². The molecule has 1 rings (SSSR count). The summed E-state index contributed by atoms with van der Waals surface area (Å²) < 4.78 is 6.13. The average molecular weight is 267 g/mol. The summed E-state index contributed by atoms with van der Waals surface area (Å²) in [7, 11) is 0. The van der Waals surface area contributed by atoms with Gasteiger partial charge in [-0.1, -0.05) is 46.8 Å². The SMILES string of the molecule is C=C(C(C)C)[C@@H]1C[C@@H](OCC(C)(C)C)CN1C(C)C. The number of ether oxygens (including phenoxy) is 1. The zero-order chi connectivity index (χ0) is 14.8. The lowest BCUT2D eigenvalue weighted by atomic mass is 9.94. The minimum absolute atomic E-state index is 0.246. The second-order valence-electron chi connectivity index (χ2n) is 7.77. The second kappa shape index (κ2) is 6.41. The maximum Gasteiger partial charge on any atom is 0.0720 e. The molecular weight excluding hydrogens is 234 g/mol. The van der Waals surface area contributed by atoms with Gasteiger partial charge in [0.25, 0.3) is 0 Å². The van der Waals surface area contributed by atoms with Crippen molar-refractivity contribution in [1.29, 1.82) is 0 Å². The quantitative estimate of drug-likeness (QED) is 0.695. The molecule has 2 nitrogen and oxygen atoms in total. The van der Waals surface area contributed by atoms with E-state index in [1.807, 2.05) is 0 Å². The van der Waals surface area contributed by atoms with Gasteiger partial charge in [-0.15, -0.1) is 0 Å². The summed E-state index contributed by atoms with van der Waals surface area (Å²) in [5, 5.41) is 0. The highest BCUT2D eigenvalue weighted by Crippen LogP contribution is 2.31. The number of hydrogen-bond acceptors (Lipinski definition) is 2. The summed E-state index contributed by atoms with van der Waals surface area (Å²) in [5.74, 6) is 0.549. The van der Waals surface area contributed by atoms with Crippen molar-refractivity contribution in [3.63, 3.8) is 0 Å². The Kier molecular flexibility index (Phi) is 5.64. The normalized spacial score (nSPS) is 25.5. The zero-order valence-electron chi connectivity index (χ0n) is 14.0. The lowest BCUT2D eigenvalue weighted by Crippen LogP contribution is -2.38. The fraction of sp³-hybridized carbons (Fsp3) is 0.882. The van der Waals surface area contributed by atoms with Gasteiger partial charge in [-0.3, -0.25) is 4.90 Å². The molecular formula is C17H33NO. The van der Waals surface area contributed by atoms with Gasteiger partial charge in [0.15, 0.2) is 0 Å². The number of hydrogen-bond donors (Lipinski definition) is 0. The smallest absolute Gasteiger partial charge is 0.0720 e. The predicted octanol–water partition coefficient (Wildman–Crippen LogP) is 4.11. The lowest BCUT2D eigenvalue weighted by molar-refractivity contribution is 0.0127. The predicted molar refractivity (Wildman–Crippen MR) is 83.4 cm³/mol. The highest BCUT2D eigenvalue weighted by Gasteiger charge is 2.36. The summed E-state index contributed by atoms with van der Waals surface area (Å²) in [5.41, 5.74) is 1.60. The summed E-state index contributed by atoms with van der Waals surface area (Å²) >= 11 is 0. The molecule has 0 aromatic rings. The van der Waals surface area contributed by atoms with Gasteiger partial charge in [0, 0.05) is 18.6 Å². The van der Waals surface area contributed by atoms with E-state index in [9.17, 15) is 0 Å². The van der Waals surface area contributed by atoms with Crippen LogP contribution in [0.25, 0.3) is 0 Å². The molecule has 19 heavy (non-hydrogen) atoms. The summed E-state index contributed by atoms with van der Waals surface area (Å²) in [6.45, 7) is 21.9. The van der Waals surface area contributed by atoms with Crippen molar-refractivity contribution < 1.29 is 4.74 Å². The van der Waals surface area contributed by atoms with Crippen molar-refractivity contribution in [1.82, 2.24) is 4.90 Å². The van der Waals surface area contributed by atoms with Gasteiger partial charge in [-0.2, -0.15) is 0 Å². The molecule has 1 heterocycles. The van der Waals surface area contributed by atoms with E-state index in [-0.39, 0.29) is 5.41 Å². The average Bonchev–Trinajstić information content (AvgIpc) is 2.68. The number of nitrogens with zero attached hydrogens (tertiary/aromatic N) is 1. The van der Waals surface area contributed by atoms with E-state index in [2.05, 4.69) is 59.9 Å². The largest absolute Gasteiger partial charge is 0.376 e. The van der Waals surface area contributed by atoms with Crippen LogP contribution in [-0.4, -0.2) is 36.2 Å². The molecule has 1 fully saturated rings. The van der Waals surface area contributed by atoms with Gasteiger partial charge < -0.3 is 4.74 Å². The first kappa shape index (κ1) is 16.7. The van der Waals surface area contributed by atoms with Gasteiger partial charge in [-0.05, 0) is 31.6 Å². The minimum Gasteiger partial charge on any atom is -0.376 e. The van der Waals surface area contributed by atoms with Crippen molar-refractivity contribution in [2.45, 2.75) is 73.1 Å². The Bertz CT molecular complexity index is 301. The van der Waals surface area contributed by atoms with Crippen LogP contribution in [0.4, 0.5) is 0 Å². The Labute approximate surface area is 120 Å². The molecule has 1 aliphatic heterocycles. The molecule has 112 valence electrons. The summed E-state index contributed by atoms with van der Waals surface area (Å²) in [4.78, 5) is 2.55. The molecule has 0 aromatic heterocycles. The molecule has 0 N–H and O–H groups in total. The molecule has 1 saturated heterocycles. The minimum atomic E-state index is 0.246. The molecule has 2 heteroatoms. The van der Waals surface area contributed by atoms with Crippen molar-refractivity contribution in [2.75, 3.05) is 13.2 Å². The molecule has 2 atom stereocenters. The van der Waals surface area contributed by atoms with Crippen LogP contribution in [0.1, 0.15) is 54.9 Å². The molecule has 0 saturated carbocycles. The molecule has 0 amide bonds. The van der Waals surface area contributed by atoms with Crippen LogP contribution < -0.4 is 0 Å². The van der Waals surface area contributed by atoms with Gasteiger partial charge in [-0.25, -0.2) is 0 Å². The molecule has 0 bridgehead atoms. The Balaban J connectivity index is 2.65. The Morgan fingerprint density at radius 3 is 2.26 bits per heavy atom. The first-order valence-corrected chi connectivity index (χ1v) is 7.68. The molecule has 1 aliphatic rings. The monoisotopic (exact) mass is 267 g/mol. The van der Waals surface area contributed by atoms with E-state index in [0.29, 0.717) is 24.1 Å². The molecule has 0 aliphatic carbocycles. The van der Waals surface area contributed by atoms with Gasteiger partial charge in [0.2, 0.25) is 0 Å². The van der Waals surface area contributed by atoms with E-state index in [0.717, 1.165) is 19.6 Å². The third kappa shape index (κ3) is 4.92.